The smallest absolute Gasteiger partial charge is 0.234 e. The van der Waals surface area contributed by atoms with Gasteiger partial charge in [0.15, 0.2) is 0 Å². The number of nitrogens with two attached hydrogens (primary N) is 1. The molecule has 12 heteroatoms. The Hall–Kier alpha value is -5.80. The van der Waals surface area contributed by atoms with Gasteiger partial charge in [0, 0.05) is 50.8 Å². The number of imidazole rings is 1. The number of hydrogen-bond acceptors (Lipinski definition) is 10. The van der Waals surface area contributed by atoms with E-state index in [1.165, 1.54) is 17.8 Å². The largest absolute Gasteiger partial charge is 0.383 e. The van der Waals surface area contributed by atoms with Crippen LogP contribution in [0, 0.1) is 17.1 Å². The molecule has 7 rings (SSSR count). The molecule has 2 N–H and O–H groups in total. The van der Waals surface area contributed by atoms with Crippen LogP contribution in [0.2, 0.25) is 0 Å². The van der Waals surface area contributed by atoms with Gasteiger partial charge in [0.1, 0.15) is 34.9 Å². The lowest BCUT2D eigenvalue weighted by molar-refractivity contribution is 0.249. The van der Waals surface area contributed by atoms with Crippen molar-refractivity contribution in [3.8, 4) is 34.5 Å². The van der Waals surface area contributed by atoms with Crippen molar-refractivity contribution >= 4 is 22.7 Å². The number of pyridine rings is 3. The molecule has 6 aromatic rings. The fraction of sp³-hybridized carbons (Fsp3) is 0.156. The zero-order valence-corrected chi connectivity index (χ0v) is 23.5. The van der Waals surface area contributed by atoms with E-state index in [0.29, 0.717) is 34.1 Å². The fourth-order valence-electron chi connectivity index (χ4n) is 5.42. The Balaban J connectivity index is 1.17. The first-order valence-electron chi connectivity index (χ1n) is 14.1. The average molecular weight is 584 g/mol. The number of nitriles is 1. The van der Waals surface area contributed by atoms with Crippen LogP contribution < -0.4 is 10.6 Å². The predicted molar refractivity (Wildman–Crippen MR) is 164 cm³/mol. The summed E-state index contributed by atoms with van der Waals surface area (Å²) in [6.45, 7) is 4.18. The molecule has 0 unspecified atom stereocenters. The van der Waals surface area contributed by atoms with Crippen molar-refractivity contribution in [1.29, 1.82) is 5.26 Å². The highest BCUT2D eigenvalue weighted by molar-refractivity contribution is 5.87. The van der Waals surface area contributed by atoms with Gasteiger partial charge in [-0.15, -0.1) is 0 Å². The van der Waals surface area contributed by atoms with Crippen LogP contribution in [0.3, 0.4) is 0 Å². The third kappa shape index (κ3) is 5.28. The summed E-state index contributed by atoms with van der Waals surface area (Å²) in [5.41, 5.74) is 11.7. The lowest BCUT2D eigenvalue weighted by Gasteiger charge is -2.35. The molecule has 1 aliphatic rings. The predicted octanol–water partition coefficient (Wildman–Crippen LogP) is 4.25. The molecule has 44 heavy (non-hydrogen) atoms. The number of nitrogens with zero attached hydrogens (tertiary/aromatic N) is 10. The third-order valence-corrected chi connectivity index (χ3v) is 7.65. The summed E-state index contributed by atoms with van der Waals surface area (Å²) in [5.74, 6) is 1.58. The van der Waals surface area contributed by atoms with Crippen molar-refractivity contribution in [2.75, 3.05) is 36.8 Å². The zero-order chi connectivity index (χ0) is 30.0. The lowest BCUT2D eigenvalue weighted by atomic mass is 10.1. The molecule has 5 aromatic heterocycles. The second kappa shape index (κ2) is 11.5. The molecular formula is C32H26FN11. The van der Waals surface area contributed by atoms with Gasteiger partial charge >= 0.3 is 0 Å². The van der Waals surface area contributed by atoms with Gasteiger partial charge in [-0.05, 0) is 54.1 Å². The Morgan fingerprint density at radius 3 is 2.41 bits per heavy atom. The number of fused-ring (bicyclic) bond motifs is 1. The first kappa shape index (κ1) is 27.1. The molecule has 0 bridgehead atoms. The molecule has 1 aromatic carbocycles. The van der Waals surface area contributed by atoms with Gasteiger partial charge in [0.25, 0.3) is 0 Å². The van der Waals surface area contributed by atoms with Crippen molar-refractivity contribution in [1.82, 2.24) is 39.4 Å². The Bertz CT molecular complexity index is 1990. The van der Waals surface area contributed by atoms with Crippen molar-refractivity contribution < 1.29 is 4.39 Å². The Kier molecular flexibility index (Phi) is 7.05. The highest BCUT2D eigenvalue weighted by Gasteiger charge is 2.20. The molecule has 1 aliphatic heterocycles. The van der Waals surface area contributed by atoms with Gasteiger partial charge in [0.05, 0.1) is 34.9 Å². The standard InChI is InChI=1S/C32H26FN11/c33-22-5-8-25(38-18-22)26-16-28-27(19-39-26)40-32(24-2-1-10-37-31(24)35)44(28)23-6-3-21(4-7-23)20-42-12-14-43(15-13-42)30-9-11-36-29(17-34)41-30/h1-11,16,18-19H,12-15,20H2,(H2,35,37). The molecule has 0 spiro atoms. The van der Waals surface area contributed by atoms with Gasteiger partial charge in [0.2, 0.25) is 5.82 Å². The summed E-state index contributed by atoms with van der Waals surface area (Å²) in [6.07, 6.45) is 6.15. The number of aromatic nitrogens is 7. The summed E-state index contributed by atoms with van der Waals surface area (Å²) < 4.78 is 15.6. The summed E-state index contributed by atoms with van der Waals surface area (Å²) in [5, 5.41) is 9.12. The minimum atomic E-state index is -0.406. The molecule has 1 saturated heterocycles. The maximum atomic E-state index is 13.5. The lowest BCUT2D eigenvalue weighted by Crippen LogP contribution is -2.46. The van der Waals surface area contributed by atoms with E-state index < -0.39 is 5.82 Å². The maximum Gasteiger partial charge on any atom is 0.234 e. The number of piperazine rings is 1. The minimum Gasteiger partial charge on any atom is -0.383 e. The van der Waals surface area contributed by atoms with E-state index in [2.05, 4.69) is 59.0 Å². The zero-order valence-electron chi connectivity index (χ0n) is 23.5. The molecule has 216 valence electrons. The quantitative estimate of drug-likeness (QED) is 0.303. The van der Waals surface area contributed by atoms with E-state index >= 15 is 0 Å². The van der Waals surface area contributed by atoms with Gasteiger partial charge in [-0.25, -0.2) is 24.3 Å². The van der Waals surface area contributed by atoms with Gasteiger partial charge in [-0.2, -0.15) is 5.26 Å². The number of halogens is 1. The first-order chi connectivity index (χ1) is 21.6. The molecule has 0 saturated carbocycles. The van der Waals surface area contributed by atoms with E-state index in [1.807, 2.05) is 34.9 Å². The van der Waals surface area contributed by atoms with Crippen molar-refractivity contribution in [2.45, 2.75) is 6.54 Å². The number of anilines is 2. The van der Waals surface area contributed by atoms with Crippen LogP contribution in [0.5, 0.6) is 0 Å². The molecule has 6 heterocycles. The van der Waals surface area contributed by atoms with E-state index in [0.717, 1.165) is 49.7 Å². The summed E-state index contributed by atoms with van der Waals surface area (Å²) >= 11 is 0. The van der Waals surface area contributed by atoms with Crippen LogP contribution in [0.15, 0.2) is 85.5 Å². The number of benzene rings is 1. The van der Waals surface area contributed by atoms with E-state index in [9.17, 15) is 4.39 Å². The van der Waals surface area contributed by atoms with Gasteiger partial charge in [-0.3, -0.25) is 19.4 Å². The Labute approximate surface area is 252 Å². The van der Waals surface area contributed by atoms with Gasteiger partial charge < -0.3 is 10.6 Å². The van der Waals surface area contributed by atoms with Crippen LogP contribution >= 0.6 is 0 Å². The first-order valence-corrected chi connectivity index (χ1v) is 14.1. The normalized spacial score (nSPS) is 13.7. The Morgan fingerprint density at radius 1 is 0.841 bits per heavy atom. The van der Waals surface area contributed by atoms with E-state index in [4.69, 9.17) is 16.0 Å². The summed E-state index contributed by atoms with van der Waals surface area (Å²) in [4.78, 5) is 30.8. The number of hydrogen-bond donors (Lipinski definition) is 1. The molecule has 11 nitrogen and oxygen atoms in total. The summed E-state index contributed by atoms with van der Waals surface area (Å²) in [6, 6.07) is 20.8. The topological polar surface area (TPSA) is 139 Å². The molecule has 1 fully saturated rings. The highest BCUT2D eigenvalue weighted by atomic mass is 19.1. The van der Waals surface area contributed by atoms with E-state index in [-0.39, 0.29) is 5.82 Å². The van der Waals surface area contributed by atoms with Crippen LogP contribution in [-0.2, 0) is 6.54 Å². The molecule has 0 radical (unpaired) electrons. The molecule has 0 aliphatic carbocycles. The van der Waals surface area contributed by atoms with Gasteiger partial charge in [-0.1, -0.05) is 12.1 Å². The second-order valence-electron chi connectivity index (χ2n) is 10.4. The Morgan fingerprint density at radius 2 is 1.66 bits per heavy atom. The van der Waals surface area contributed by atoms with Crippen LogP contribution in [0.1, 0.15) is 11.4 Å². The third-order valence-electron chi connectivity index (χ3n) is 7.65. The monoisotopic (exact) mass is 583 g/mol. The summed E-state index contributed by atoms with van der Waals surface area (Å²) in [7, 11) is 0. The van der Waals surface area contributed by atoms with E-state index in [1.54, 1.807) is 24.7 Å². The second-order valence-corrected chi connectivity index (χ2v) is 10.4. The highest BCUT2D eigenvalue weighted by Crippen LogP contribution is 2.32. The van der Waals surface area contributed by atoms with Crippen molar-refractivity contribution in [2.24, 2.45) is 0 Å². The SMILES string of the molecule is N#Cc1nccc(N2CCN(Cc3ccc(-n4c(-c5cccnc5N)nc5cnc(-c6ccc(F)cn6)cc54)cc3)CC2)n1. The number of nitrogen functional groups attached to an aromatic ring is 1. The van der Waals surface area contributed by atoms with Crippen LogP contribution in [0.4, 0.5) is 16.0 Å². The average Bonchev–Trinajstić information content (AvgIpc) is 3.44. The fourth-order valence-corrected chi connectivity index (χ4v) is 5.42. The molecule has 0 atom stereocenters. The maximum absolute atomic E-state index is 13.5. The van der Waals surface area contributed by atoms with Crippen LogP contribution in [0.25, 0.3) is 39.5 Å². The minimum absolute atomic E-state index is 0.185. The van der Waals surface area contributed by atoms with Crippen LogP contribution in [-0.4, -0.2) is 65.5 Å². The van der Waals surface area contributed by atoms with Crippen molar-refractivity contribution in [3.63, 3.8) is 0 Å². The van der Waals surface area contributed by atoms with Crippen molar-refractivity contribution in [3.05, 3.63) is 103 Å². The molecular weight excluding hydrogens is 557 g/mol. The number of rotatable bonds is 6. The molecule has 0 amide bonds.